The van der Waals surface area contributed by atoms with Crippen molar-refractivity contribution in [2.75, 3.05) is 12.4 Å². The van der Waals surface area contributed by atoms with E-state index in [1.54, 1.807) is 14.0 Å². The average Bonchev–Trinajstić information content (AvgIpc) is 3.22. The Bertz CT molecular complexity index is 1290. The third-order valence-corrected chi connectivity index (χ3v) is 5.41. The van der Waals surface area contributed by atoms with Gasteiger partial charge in [-0.05, 0) is 38.8 Å². The predicted molar refractivity (Wildman–Crippen MR) is 118 cm³/mol. The fourth-order valence-corrected chi connectivity index (χ4v) is 3.93. The van der Waals surface area contributed by atoms with Gasteiger partial charge in [-0.2, -0.15) is 0 Å². The average molecular weight is 423 g/mol. The number of carboxylic acids is 1. The molecule has 0 amide bonds. The summed E-state index contributed by atoms with van der Waals surface area (Å²) in [5.74, 6) is 1.29. The van der Waals surface area contributed by atoms with E-state index in [9.17, 15) is 9.90 Å². The zero-order chi connectivity index (χ0) is 22.4. The standard InChI is InChI=1S/C22H25N5O4/c1-9(2)19(22(28)29)26-21-18-13-8-16(30-6)14(17-10(3)27-31-11(17)4)7-15(13)25-20(18)23-12(5)24-21/h7-9,19H,1-6H3,(H,28,29)(H2,23,24,25,26)/t19-/m0/s1. The summed E-state index contributed by atoms with van der Waals surface area (Å²) in [6.07, 6.45) is 0. The number of ether oxygens (including phenoxy) is 1. The summed E-state index contributed by atoms with van der Waals surface area (Å²) < 4.78 is 11.0. The number of fused-ring (bicyclic) bond motifs is 3. The van der Waals surface area contributed by atoms with Gasteiger partial charge in [-0.1, -0.05) is 19.0 Å². The highest BCUT2D eigenvalue weighted by molar-refractivity contribution is 6.13. The smallest absolute Gasteiger partial charge is 0.326 e. The summed E-state index contributed by atoms with van der Waals surface area (Å²) in [4.78, 5) is 24.1. The van der Waals surface area contributed by atoms with Crippen LogP contribution in [0.3, 0.4) is 0 Å². The molecule has 0 aliphatic rings. The predicted octanol–water partition coefficient (Wildman–Crippen LogP) is 4.22. The molecule has 0 aliphatic carbocycles. The molecule has 0 unspecified atom stereocenters. The molecular weight excluding hydrogens is 398 g/mol. The maximum atomic E-state index is 11.8. The van der Waals surface area contributed by atoms with Crippen molar-refractivity contribution in [3.8, 4) is 16.9 Å². The Kier molecular flexibility index (Phi) is 5.04. The molecule has 3 aromatic heterocycles. The first kappa shape index (κ1) is 20.6. The lowest BCUT2D eigenvalue weighted by atomic mass is 10.0. The number of benzene rings is 1. The summed E-state index contributed by atoms with van der Waals surface area (Å²) in [6.45, 7) is 9.22. The van der Waals surface area contributed by atoms with E-state index in [1.807, 2.05) is 39.8 Å². The van der Waals surface area contributed by atoms with Crippen molar-refractivity contribution in [2.45, 2.75) is 40.7 Å². The van der Waals surface area contributed by atoms with Gasteiger partial charge >= 0.3 is 5.97 Å². The van der Waals surface area contributed by atoms with Gasteiger partial charge in [0.15, 0.2) is 0 Å². The Morgan fingerprint density at radius 2 is 1.97 bits per heavy atom. The topological polar surface area (TPSA) is 126 Å². The second-order valence-electron chi connectivity index (χ2n) is 7.97. The number of hydrogen-bond donors (Lipinski definition) is 3. The lowest BCUT2D eigenvalue weighted by molar-refractivity contribution is -0.138. The quantitative estimate of drug-likeness (QED) is 0.421. The third kappa shape index (κ3) is 3.45. The van der Waals surface area contributed by atoms with E-state index in [0.29, 0.717) is 28.8 Å². The van der Waals surface area contributed by atoms with E-state index in [2.05, 4.69) is 25.4 Å². The summed E-state index contributed by atoms with van der Waals surface area (Å²) in [6, 6.07) is 3.09. The monoisotopic (exact) mass is 423 g/mol. The van der Waals surface area contributed by atoms with Crippen molar-refractivity contribution < 1.29 is 19.2 Å². The molecule has 3 N–H and O–H groups in total. The van der Waals surface area contributed by atoms with Gasteiger partial charge in [0.05, 0.1) is 23.8 Å². The van der Waals surface area contributed by atoms with Crippen molar-refractivity contribution >= 4 is 33.7 Å². The molecule has 9 heteroatoms. The Hall–Kier alpha value is -3.62. The van der Waals surface area contributed by atoms with Crippen LogP contribution in [0.25, 0.3) is 33.1 Å². The SMILES string of the molecule is COc1cc2c(cc1-c1c(C)noc1C)[nH]c1nc(C)nc(N[C@H](C(=O)O)C(C)C)c12. The van der Waals surface area contributed by atoms with Crippen LogP contribution in [-0.2, 0) is 4.79 Å². The Balaban J connectivity index is 1.98. The normalized spacial score (nSPS) is 12.6. The largest absolute Gasteiger partial charge is 0.496 e. The molecule has 0 bridgehead atoms. The summed E-state index contributed by atoms with van der Waals surface area (Å²) >= 11 is 0. The van der Waals surface area contributed by atoms with E-state index in [1.165, 1.54) is 0 Å². The minimum Gasteiger partial charge on any atom is -0.496 e. The molecule has 1 atom stereocenters. The van der Waals surface area contributed by atoms with Gasteiger partial charge in [-0.25, -0.2) is 14.8 Å². The van der Waals surface area contributed by atoms with Gasteiger partial charge in [-0.3, -0.25) is 0 Å². The molecule has 0 saturated carbocycles. The maximum absolute atomic E-state index is 11.8. The van der Waals surface area contributed by atoms with Gasteiger partial charge in [-0.15, -0.1) is 0 Å². The van der Waals surface area contributed by atoms with E-state index in [4.69, 9.17) is 9.26 Å². The van der Waals surface area contributed by atoms with Crippen molar-refractivity contribution in [1.29, 1.82) is 0 Å². The van der Waals surface area contributed by atoms with Crippen LogP contribution in [0, 0.1) is 26.7 Å². The number of methoxy groups -OCH3 is 1. The van der Waals surface area contributed by atoms with Crippen molar-refractivity contribution in [3.63, 3.8) is 0 Å². The molecule has 0 spiro atoms. The van der Waals surface area contributed by atoms with E-state index in [-0.39, 0.29) is 5.92 Å². The first-order chi connectivity index (χ1) is 14.7. The molecule has 3 heterocycles. The highest BCUT2D eigenvalue weighted by Crippen LogP contribution is 2.40. The first-order valence-corrected chi connectivity index (χ1v) is 10.0. The highest BCUT2D eigenvalue weighted by atomic mass is 16.5. The van der Waals surface area contributed by atoms with Crippen molar-refractivity contribution in [2.24, 2.45) is 5.92 Å². The molecule has 162 valence electrons. The number of H-pyrrole nitrogens is 1. The lowest BCUT2D eigenvalue weighted by Crippen LogP contribution is -2.34. The second-order valence-corrected chi connectivity index (χ2v) is 7.97. The molecular formula is C22H25N5O4. The van der Waals surface area contributed by atoms with Gasteiger partial charge in [0.25, 0.3) is 0 Å². The van der Waals surface area contributed by atoms with Crippen LogP contribution < -0.4 is 10.1 Å². The van der Waals surface area contributed by atoms with Crippen LogP contribution in [0.5, 0.6) is 5.75 Å². The molecule has 0 fully saturated rings. The number of carboxylic acid groups (broad SMARTS) is 1. The lowest BCUT2D eigenvalue weighted by Gasteiger charge is -2.19. The minimum absolute atomic E-state index is 0.131. The molecule has 31 heavy (non-hydrogen) atoms. The summed E-state index contributed by atoms with van der Waals surface area (Å²) in [7, 11) is 1.61. The minimum atomic E-state index is -0.933. The van der Waals surface area contributed by atoms with Crippen LogP contribution in [0.2, 0.25) is 0 Å². The molecule has 0 saturated heterocycles. The number of aliphatic carboxylic acids is 1. The number of nitrogens with one attached hydrogen (secondary N) is 2. The van der Waals surface area contributed by atoms with Gasteiger partial charge in [0.2, 0.25) is 0 Å². The van der Waals surface area contributed by atoms with Gasteiger partial charge in [0, 0.05) is 16.5 Å². The van der Waals surface area contributed by atoms with Crippen molar-refractivity contribution in [3.05, 3.63) is 29.4 Å². The number of aryl methyl sites for hydroxylation is 3. The zero-order valence-electron chi connectivity index (χ0n) is 18.3. The van der Waals surface area contributed by atoms with E-state index in [0.717, 1.165) is 33.1 Å². The molecule has 4 aromatic rings. The number of anilines is 1. The van der Waals surface area contributed by atoms with Gasteiger partial charge < -0.3 is 24.7 Å². The molecule has 1 aromatic carbocycles. The zero-order valence-corrected chi connectivity index (χ0v) is 18.3. The maximum Gasteiger partial charge on any atom is 0.326 e. The van der Waals surface area contributed by atoms with E-state index < -0.39 is 12.0 Å². The third-order valence-electron chi connectivity index (χ3n) is 5.41. The fraction of sp³-hybridized carbons (Fsp3) is 0.364. The van der Waals surface area contributed by atoms with Gasteiger partial charge in [0.1, 0.15) is 34.8 Å². The number of nitrogens with zero attached hydrogens (tertiary/aromatic N) is 3. The molecule has 4 rings (SSSR count). The number of aromatic amines is 1. The number of carbonyl (C=O) groups is 1. The first-order valence-electron chi connectivity index (χ1n) is 10.0. The summed E-state index contributed by atoms with van der Waals surface area (Å²) in [5.41, 5.74) is 3.94. The van der Waals surface area contributed by atoms with E-state index >= 15 is 0 Å². The Labute approximate surface area is 178 Å². The van der Waals surface area contributed by atoms with Crippen LogP contribution in [0.15, 0.2) is 16.7 Å². The molecule has 0 radical (unpaired) electrons. The van der Waals surface area contributed by atoms with Crippen LogP contribution in [0.1, 0.15) is 31.1 Å². The Morgan fingerprint density at radius 3 is 2.55 bits per heavy atom. The van der Waals surface area contributed by atoms with Crippen LogP contribution in [-0.4, -0.2) is 44.3 Å². The van der Waals surface area contributed by atoms with Crippen LogP contribution >= 0.6 is 0 Å². The number of rotatable bonds is 6. The van der Waals surface area contributed by atoms with Crippen molar-refractivity contribution in [1.82, 2.24) is 20.1 Å². The molecule has 9 nitrogen and oxygen atoms in total. The Morgan fingerprint density at radius 1 is 1.23 bits per heavy atom. The van der Waals surface area contributed by atoms with Crippen LogP contribution in [0.4, 0.5) is 5.82 Å². The number of hydrogen-bond acceptors (Lipinski definition) is 7. The highest BCUT2D eigenvalue weighted by Gasteiger charge is 2.25. The summed E-state index contributed by atoms with van der Waals surface area (Å²) in [5, 5.41) is 18.3. The molecule has 0 aliphatic heterocycles. The second kappa shape index (κ2) is 7.57. The number of aromatic nitrogens is 4. The fourth-order valence-electron chi connectivity index (χ4n) is 3.93.